The van der Waals surface area contributed by atoms with Crippen LogP contribution < -0.4 is 4.90 Å². The molecule has 4 heteroatoms. The van der Waals surface area contributed by atoms with E-state index in [9.17, 15) is 0 Å². The lowest BCUT2D eigenvalue weighted by Crippen LogP contribution is -2.16. The van der Waals surface area contributed by atoms with Crippen molar-refractivity contribution in [2.24, 2.45) is 0 Å². The number of aromatic nitrogens is 3. The van der Waals surface area contributed by atoms with Crippen LogP contribution in [0.2, 0.25) is 0 Å². The van der Waals surface area contributed by atoms with Crippen molar-refractivity contribution < 1.29 is 0 Å². The molecule has 0 atom stereocenters. The molecule has 8 aromatic carbocycles. The molecule has 12 rings (SSSR count). The van der Waals surface area contributed by atoms with Gasteiger partial charge in [0, 0.05) is 57.5 Å². The second-order valence-corrected chi connectivity index (χ2v) is 17.4. The molecule has 0 saturated carbocycles. The third-order valence-electron chi connectivity index (χ3n) is 13.2. The number of nitrogens with zero attached hydrogens (tertiary/aromatic N) is 4. The average molecular weight is 821 g/mol. The van der Waals surface area contributed by atoms with Gasteiger partial charge in [0.2, 0.25) is 0 Å². The first kappa shape index (κ1) is 37.5. The Morgan fingerprint density at radius 2 is 0.906 bits per heavy atom. The van der Waals surface area contributed by atoms with Crippen LogP contribution in [0.4, 0.5) is 17.2 Å². The second-order valence-electron chi connectivity index (χ2n) is 17.4. The minimum absolute atomic E-state index is 0.114. The van der Waals surface area contributed by atoms with E-state index in [2.05, 4.69) is 247 Å². The molecule has 0 amide bonds. The Bertz CT molecular complexity index is 3370. The van der Waals surface area contributed by atoms with Crippen molar-refractivity contribution in [1.82, 2.24) is 14.1 Å². The van der Waals surface area contributed by atoms with E-state index >= 15 is 0 Å². The summed E-state index contributed by atoms with van der Waals surface area (Å²) >= 11 is 0. The van der Waals surface area contributed by atoms with Gasteiger partial charge in [-0.05, 0) is 171 Å². The molecular formula is C60H44N4. The normalized spacial score (nSPS) is 12.7. The molecule has 1 aliphatic rings. The van der Waals surface area contributed by atoms with E-state index in [0.717, 1.165) is 39.7 Å². The van der Waals surface area contributed by atoms with Crippen molar-refractivity contribution in [3.8, 4) is 55.9 Å². The maximum Gasteiger partial charge on any atom is 0.137 e. The predicted octanol–water partition coefficient (Wildman–Crippen LogP) is 15.7. The van der Waals surface area contributed by atoms with Gasteiger partial charge >= 0.3 is 0 Å². The average Bonchev–Trinajstić information content (AvgIpc) is 4.05. The van der Waals surface area contributed by atoms with Gasteiger partial charge in [0.05, 0.1) is 11.0 Å². The minimum atomic E-state index is -0.114. The van der Waals surface area contributed by atoms with Crippen LogP contribution in [0.15, 0.2) is 231 Å². The molecule has 3 aromatic heterocycles. The van der Waals surface area contributed by atoms with Gasteiger partial charge in [-0.2, -0.15) is 0 Å². The van der Waals surface area contributed by atoms with Crippen LogP contribution in [0, 0.1) is 0 Å². The largest absolute Gasteiger partial charge is 0.317 e. The Labute approximate surface area is 373 Å². The van der Waals surface area contributed by atoms with E-state index in [1.807, 2.05) is 12.3 Å². The molecule has 0 radical (unpaired) electrons. The molecule has 0 aliphatic heterocycles. The fraction of sp³-hybridized carbons (Fsp3) is 0.0500. The first-order valence-electron chi connectivity index (χ1n) is 22.0. The molecule has 64 heavy (non-hydrogen) atoms. The highest BCUT2D eigenvalue weighted by Crippen LogP contribution is 2.50. The molecule has 3 heterocycles. The molecule has 304 valence electrons. The van der Waals surface area contributed by atoms with Crippen LogP contribution in [0.1, 0.15) is 25.0 Å². The molecule has 4 nitrogen and oxygen atoms in total. The summed E-state index contributed by atoms with van der Waals surface area (Å²) in [6.45, 7) is 4.67. The Hall–Kier alpha value is -8.21. The summed E-state index contributed by atoms with van der Waals surface area (Å²) in [6.07, 6.45) is 6.21. The van der Waals surface area contributed by atoms with E-state index in [4.69, 9.17) is 4.98 Å². The van der Waals surface area contributed by atoms with Gasteiger partial charge in [-0.3, -0.25) is 4.90 Å². The van der Waals surface area contributed by atoms with Gasteiger partial charge in [0.1, 0.15) is 5.82 Å². The molecular weight excluding hydrogens is 777 g/mol. The summed E-state index contributed by atoms with van der Waals surface area (Å²) in [7, 11) is 0. The topological polar surface area (TPSA) is 26.0 Å². The number of hydrogen-bond donors (Lipinski definition) is 0. The number of anilines is 3. The zero-order valence-corrected chi connectivity index (χ0v) is 35.7. The van der Waals surface area contributed by atoms with Crippen LogP contribution in [0.25, 0.3) is 77.7 Å². The Balaban J connectivity index is 0.959. The summed E-state index contributed by atoms with van der Waals surface area (Å²) in [5.74, 6) is 0.876. The third kappa shape index (κ3) is 6.34. The highest BCUT2D eigenvalue weighted by atomic mass is 15.2. The van der Waals surface area contributed by atoms with Crippen molar-refractivity contribution in [2.75, 3.05) is 4.90 Å². The number of para-hydroxylation sites is 2. The summed E-state index contributed by atoms with van der Waals surface area (Å²) in [4.78, 5) is 7.15. The number of fused-ring (bicyclic) bond motifs is 5. The summed E-state index contributed by atoms with van der Waals surface area (Å²) in [5.41, 5.74) is 19.0. The molecule has 1 aliphatic carbocycles. The summed E-state index contributed by atoms with van der Waals surface area (Å²) in [5, 5.41) is 2.41. The van der Waals surface area contributed by atoms with Crippen molar-refractivity contribution in [3.63, 3.8) is 0 Å². The smallest absolute Gasteiger partial charge is 0.137 e. The van der Waals surface area contributed by atoms with E-state index in [-0.39, 0.29) is 5.41 Å². The Morgan fingerprint density at radius 1 is 0.391 bits per heavy atom. The SMILES string of the molecule is CC1(C)c2ccccc2-c2ccc(N(c3ccc(-c4cc(-c5ccc6c(ccn6-c6ccccc6)c5)cc(-c5ccc6c(ccn6-c6ccccc6)c5)c4)cc3)c3ccccn3)cc21. The number of benzene rings is 8. The number of hydrogen-bond acceptors (Lipinski definition) is 2. The highest BCUT2D eigenvalue weighted by molar-refractivity contribution is 5.92. The van der Waals surface area contributed by atoms with E-state index in [0.29, 0.717) is 0 Å². The predicted molar refractivity (Wildman–Crippen MR) is 266 cm³/mol. The maximum absolute atomic E-state index is 4.88. The Kier molecular flexibility index (Phi) is 8.80. The van der Waals surface area contributed by atoms with Crippen LogP contribution in [0.3, 0.4) is 0 Å². The minimum Gasteiger partial charge on any atom is -0.317 e. The van der Waals surface area contributed by atoms with Crippen LogP contribution in [-0.4, -0.2) is 14.1 Å². The second kappa shape index (κ2) is 15.0. The van der Waals surface area contributed by atoms with Crippen molar-refractivity contribution in [1.29, 1.82) is 0 Å². The van der Waals surface area contributed by atoms with E-state index in [1.165, 1.54) is 66.3 Å². The van der Waals surface area contributed by atoms with Crippen molar-refractivity contribution >= 4 is 39.0 Å². The zero-order chi connectivity index (χ0) is 42.8. The standard InChI is InChI=1S/C60H44N4/c1-60(2)55-18-10-9-17-53(55)54-27-26-52(40-56(54)60)64(59-19-11-12-32-61-59)51-24-20-41(21-25-51)46-37-47(42-22-28-57-44(35-42)30-33-62(57)49-13-5-3-6-14-49)39-48(38-46)43-23-29-58-45(36-43)31-34-63(58)50-15-7-4-8-16-50/h3-40H,1-2H3. The monoisotopic (exact) mass is 820 g/mol. The molecule has 0 fully saturated rings. The lowest BCUT2D eigenvalue weighted by molar-refractivity contribution is 0.660. The van der Waals surface area contributed by atoms with Gasteiger partial charge in [-0.25, -0.2) is 4.98 Å². The van der Waals surface area contributed by atoms with Crippen LogP contribution >= 0.6 is 0 Å². The molecule has 0 bridgehead atoms. The molecule has 0 saturated heterocycles. The third-order valence-corrected chi connectivity index (χ3v) is 13.2. The number of pyridine rings is 1. The van der Waals surface area contributed by atoms with Gasteiger partial charge in [0.25, 0.3) is 0 Å². The van der Waals surface area contributed by atoms with E-state index < -0.39 is 0 Å². The molecule has 0 unspecified atom stereocenters. The lowest BCUT2D eigenvalue weighted by Gasteiger charge is -2.27. The van der Waals surface area contributed by atoms with Gasteiger partial charge in [0.15, 0.2) is 0 Å². The summed E-state index contributed by atoms with van der Waals surface area (Å²) < 4.78 is 4.52. The van der Waals surface area contributed by atoms with Crippen LogP contribution in [-0.2, 0) is 5.41 Å². The quantitative estimate of drug-likeness (QED) is 0.153. The maximum atomic E-state index is 4.88. The van der Waals surface area contributed by atoms with Gasteiger partial charge in [-0.1, -0.05) is 111 Å². The first-order valence-corrected chi connectivity index (χ1v) is 22.0. The fourth-order valence-electron chi connectivity index (χ4n) is 9.93. The van der Waals surface area contributed by atoms with Crippen molar-refractivity contribution in [2.45, 2.75) is 19.3 Å². The highest BCUT2D eigenvalue weighted by Gasteiger charge is 2.35. The zero-order valence-electron chi connectivity index (χ0n) is 35.7. The lowest BCUT2D eigenvalue weighted by atomic mass is 9.82. The molecule has 0 N–H and O–H groups in total. The van der Waals surface area contributed by atoms with Crippen LogP contribution in [0.5, 0.6) is 0 Å². The molecule has 11 aromatic rings. The number of rotatable bonds is 8. The molecule has 0 spiro atoms. The first-order chi connectivity index (χ1) is 31.5. The van der Waals surface area contributed by atoms with E-state index in [1.54, 1.807) is 0 Å². The van der Waals surface area contributed by atoms with Gasteiger partial charge < -0.3 is 9.13 Å². The van der Waals surface area contributed by atoms with Gasteiger partial charge in [-0.15, -0.1) is 0 Å². The summed E-state index contributed by atoms with van der Waals surface area (Å²) in [6, 6.07) is 77.1. The Morgan fingerprint density at radius 3 is 1.50 bits per heavy atom. The van der Waals surface area contributed by atoms with Crippen molar-refractivity contribution in [3.05, 3.63) is 242 Å². The fourth-order valence-corrected chi connectivity index (χ4v) is 9.93.